The average Bonchev–Trinajstić information content (AvgIpc) is 2.93. The van der Waals surface area contributed by atoms with Crippen molar-refractivity contribution in [2.75, 3.05) is 6.61 Å². The highest BCUT2D eigenvalue weighted by Gasteiger charge is 2.27. The number of benzene rings is 1. The Labute approximate surface area is 118 Å². The van der Waals surface area contributed by atoms with Crippen LogP contribution in [-0.2, 0) is 13.0 Å². The summed E-state index contributed by atoms with van der Waals surface area (Å²) in [6, 6.07) is 8.21. The van der Waals surface area contributed by atoms with Crippen molar-refractivity contribution in [2.45, 2.75) is 38.3 Å². The average molecular weight is 272 g/mol. The molecule has 0 spiro atoms. The molecular formula is C15H20N4O. The standard InChI is InChI=1S/C15H20N4O/c1-2-19-15(17-10-18-19)9-13(16)11-7-8-20-14-6-4-3-5-12(11)14/h3-6,10-11,13H,2,7-9,16H2,1H3. The maximum atomic E-state index is 6.44. The largest absolute Gasteiger partial charge is 0.493 e. The van der Waals surface area contributed by atoms with Gasteiger partial charge in [-0.05, 0) is 25.0 Å². The second-order valence-electron chi connectivity index (χ2n) is 5.14. The maximum absolute atomic E-state index is 6.44. The van der Waals surface area contributed by atoms with Crippen LogP contribution < -0.4 is 10.5 Å². The Bertz CT molecular complexity index is 581. The molecule has 106 valence electrons. The summed E-state index contributed by atoms with van der Waals surface area (Å²) in [5, 5.41) is 4.20. The molecule has 2 N–H and O–H groups in total. The van der Waals surface area contributed by atoms with Gasteiger partial charge < -0.3 is 10.5 Å². The summed E-state index contributed by atoms with van der Waals surface area (Å²) in [5.74, 6) is 2.25. The van der Waals surface area contributed by atoms with Crippen molar-refractivity contribution in [1.82, 2.24) is 14.8 Å². The number of para-hydroxylation sites is 1. The summed E-state index contributed by atoms with van der Waals surface area (Å²) in [5.41, 5.74) is 7.66. The number of aromatic nitrogens is 3. The van der Waals surface area contributed by atoms with E-state index < -0.39 is 0 Å². The fourth-order valence-corrected chi connectivity index (χ4v) is 2.88. The number of fused-ring (bicyclic) bond motifs is 1. The molecule has 1 aromatic carbocycles. The zero-order chi connectivity index (χ0) is 13.9. The van der Waals surface area contributed by atoms with Gasteiger partial charge in [0, 0.05) is 24.9 Å². The number of rotatable bonds is 4. The van der Waals surface area contributed by atoms with E-state index >= 15 is 0 Å². The van der Waals surface area contributed by atoms with Gasteiger partial charge in [0.15, 0.2) is 0 Å². The molecule has 1 aromatic heterocycles. The third-order valence-corrected chi connectivity index (χ3v) is 3.94. The summed E-state index contributed by atoms with van der Waals surface area (Å²) >= 11 is 0. The molecule has 0 fully saturated rings. The van der Waals surface area contributed by atoms with Crippen LogP contribution in [0.5, 0.6) is 5.75 Å². The SMILES string of the molecule is CCn1ncnc1CC(N)C1CCOc2ccccc21. The lowest BCUT2D eigenvalue weighted by atomic mass is 9.85. The molecule has 5 heteroatoms. The molecule has 0 bridgehead atoms. The number of nitrogens with zero attached hydrogens (tertiary/aromatic N) is 3. The molecule has 0 amide bonds. The summed E-state index contributed by atoms with van der Waals surface area (Å²) in [7, 11) is 0. The zero-order valence-corrected chi connectivity index (χ0v) is 11.7. The summed E-state index contributed by atoms with van der Waals surface area (Å²) in [4.78, 5) is 4.32. The van der Waals surface area contributed by atoms with Crippen LogP contribution in [0.2, 0.25) is 0 Å². The van der Waals surface area contributed by atoms with Gasteiger partial charge in [0.1, 0.15) is 17.9 Å². The minimum Gasteiger partial charge on any atom is -0.493 e. The van der Waals surface area contributed by atoms with Gasteiger partial charge in [-0.3, -0.25) is 4.68 Å². The first-order valence-corrected chi connectivity index (χ1v) is 7.13. The lowest BCUT2D eigenvalue weighted by Gasteiger charge is -2.30. The van der Waals surface area contributed by atoms with E-state index in [1.54, 1.807) is 6.33 Å². The van der Waals surface area contributed by atoms with E-state index in [1.165, 1.54) is 5.56 Å². The van der Waals surface area contributed by atoms with E-state index in [2.05, 4.69) is 23.1 Å². The highest BCUT2D eigenvalue weighted by Crippen LogP contribution is 2.35. The first-order valence-electron chi connectivity index (χ1n) is 7.13. The van der Waals surface area contributed by atoms with Crippen LogP contribution in [0, 0.1) is 0 Å². The van der Waals surface area contributed by atoms with Crippen molar-refractivity contribution in [3.8, 4) is 5.75 Å². The highest BCUT2D eigenvalue weighted by atomic mass is 16.5. The van der Waals surface area contributed by atoms with Gasteiger partial charge in [-0.15, -0.1) is 0 Å². The van der Waals surface area contributed by atoms with Crippen molar-refractivity contribution in [3.05, 3.63) is 42.0 Å². The number of aryl methyl sites for hydroxylation is 1. The highest BCUT2D eigenvalue weighted by molar-refractivity contribution is 5.38. The minimum absolute atomic E-state index is 0.0366. The number of nitrogens with two attached hydrogens (primary N) is 1. The van der Waals surface area contributed by atoms with Crippen molar-refractivity contribution in [1.29, 1.82) is 0 Å². The first kappa shape index (κ1) is 13.1. The van der Waals surface area contributed by atoms with Gasteiger partial charge in [0.05, 0.1) is 6.61 Å². The lowest BCUT2D eigenvalue weighted by molar-refractivity contribution is 0.254. The molecule has 2 unspecified atom stereocenters. The number of ether oxygens (including phenoxy) is 1. The van der Waals surface area contributed by atoms with Crippen molar-refractivity contribution in [3.63, 3.8) is 0 Å². The molecule has 0 saturated carbocycles. The topological polar surface area (TPSA) is 66.0 Å². The van der Waals surface area contributed by atoms with Gasteiger partial charge >= 0.3 is 0 Å². The summed E-state index contributed by atoms with van der Waals surface area (Å²) in [6.07, 6.45) is 3.30. The summed E-state index contributed by atoms with van der Waals surface area (Å²) < 4.78 is 7.60. The molecule has 2 atom stereocenters. The molecule has 1 aliphatic heterocycles. The molecular weight excluding hydrogens is 252 g/mol. The predicted molar refractivity (Wildman–Crippen MR) is 76.7 cm³/mol. The predicted octanol–water partition coefficient (Wildman–Crippen LogP) is 1.73. The molecule has 2 heterocycles. The Balaban J connectivity index is 1.80. The van der Waals surface area contributed by atoms with Gasteiger partial charge in [-0.2, -0.15) is 5.10 Å². The second kappa shape index (κ2) is 5.63. The van der Waals surface area contributed by atoms with Crippen LogP contribution in [0.25, 0.3) is 0 Å². The molecule has 0 saturated heterocycles. The Morgan fingerprint density at radius 3 is 3.15 bits per heavy atom. The van der Waals surface area contributed by atoms with Gasteiger partial charge in [0.25, 0.3) is 0 Å². The first-order chi connectivity index (χ1) is 9.79. The van der Waals surface area contributed by atoms with Crippen LogP contribution in [0.1, 0.15) is 30.7 Å². The third kappa shape index (κ3) is 2.41. The van der Waals surface area contributed by atoms with Crippen molar-refractivity contribution in [2.24, 2.45) is 5.73 Å². The fraction of sp³-hybridized carbons (Fsp3) is 0.467. The Morgan fingerprint density at radius 1 is 1.45 bits per heavy atom. The number of hydrogen-bond donors (Lipinski definition) is 1. The molecule has 2 aromatic rings. The van der Waals surface area contributed by atoms with E-state index in [0.29, 0.717) is 5.92 Å². The Hall–Kier alpha value is -1.88. The lowest BCUT2D eigenvalue weighted by Crippen LogP contribution is -2.34. The minimum atomic E-state index is 0.0366. The van der Waals surface area contributed by atoms with Crippen LogP contribution >= 0.6 is 0 Å². The second-order valence-corrected chi connectivity index (χ2v) is 5.14. The molecule has 3 rings (SSSR count). The van der Waals surface area contributed by atoms with Crippen LogP contribution in [0.4, 0.5) is 0 Å². The molecule has 5 nitrogen and oxygen atoms in total. The van der Waals surface area contributed by atoms with Crippen LogP contribution in [-0.4, -0.2) is 27.4 Å². The number of hydrogen-bond acceptors (Lipinski definition) is 4. The van der Waals surface area contributed by atoms with Crippen LogP contribution in [0.3, 0.4) is 0 Å². The third-order valence-electron chi connectivity index (χ3n) is 3.94. The normalized spacial score (nSPS) is 19.2. The van der Waals surface area contributed by atoms with Crippen molar-refractivity contribution < 1.29 is 4.74 Å². The van der Waals surface area contributed by atoms with Crippen LogP contribution in [0.15, 0.2) is 30.6 Å². The van der Waals surface area contributed by atoms with E-state index in [9.17, 15) is 0 Å². The van der Waals surface area contributed by atoms with E-state index in [0.717, 1.165) is 37.6 Å². The van der Waals surface area contributed by atoms with Gasteiger partial charge in [-0.25, -0.2) is 4.98 Å². The fourth-order valence-electron chi connectivity index (χ4n) is 2.88. The van der Waals surface area contributed by atoms with Crippen molar-refractivity contribution >= 4 is 0 Å². The quantitative estimate of drug-likeness (QED) is 0.920. The van der Waals surface area contributed by atoms with E-state index in [-0.39, 0.29) is 6.04 Å². The zero-order valence-electron chi connectivity index (χ0n) is 11.7. The molecule has 1 aliphatic rings. The Morgan fingerprint density at radius 2 is 2.30 bits per heavy atom. The van der Waals surface area contributed by atoms with Gasteiger partial charge in [0.2, 0.25) is 0 Å². The molecule has 0 radical (unpaired) electrons. The summed E-state index contributed by atoms with van der Waals surface area (Å²) in [6.45, 7) is 3.62. The van der Waals surface area contributed by atoms with E-state index in [4.69, 9.17) is 10.5 Å². The monoisotopic (exact) mass is 272 g/mol. The molecule has 0 aliphatic carbocycles. The smallest absolute Gasteiger partial charge is 0.138 e. The maximum Gasteiger partial charge on any atom is 0.138 e. The molecule has 20 heavy (non-hydrogen) atoms. The van der Waals surface area contributed by atoms with E-state index in [1.807, 2.05) is 22.9 Å². The van der Waals surface area contributed by atoms with Gasteiger partial charge in [-0.1, -0.05) is 18.2 Å². The Kier molecular flexibility index (Phi) is 3.69.